The Labute approximate surface area is 108 Å². The van der Waals surface area contributed by atoms with E-state index in [1.807, 2.05) is 6.07 Å². The van der Waals surface area contributed by atoms with E-state index in [0.717, 1.165) is 12.1 Å². The van der Waals surface area contributed by atoms with Crippen LogP contribution < -0.4 is 16.8 Å². The first-order valence-corrected chi connectivity index (χ1v) is 6.45. The van der Waals surface area contributed by atoms with E-state index in [2.05, 4.69) is 19.2 Å². The molecule has 2 rings (SSSR count). The van der Waals surface area contributed by atoms with Crippen LogP contribution in [-0.2, 0) is 0 Å². The Morgan fingerprint density at radius 2 is 2.06 bits per heavy atom. The number of anilines is 2. The molecule has 1 aromatic carbocycles. The number of rotatable bonds is 3. The second-order valence-electron chi connectivity index (χ2n) is 5.33. The number of primary amides is 1. The van der Waals surface area contributed by atoms with Gasteiger partial charge < -0.3 is 16.8 Å². The second kappa shape index (κ2) is 4.88. The molecule has 1 aliphatic carbocycles. The zero-order chi connectivity index (χ0) is 13.3. The fraction of sp³-hybridized carbons (Fsp3) is 0.500. The summed E-state index contributed by atoms with van der Waals surface area (Å²) in [5, 5.41) is 3.44. The molecule has 0 bridgehead atoms. The molecule has 0 radical (unpaired) electrons. The highest BCUT2D eigenvalue weighted by molar-refractivity contribution is 5.99. The first-order chi connectivity index (χ1) is 8.49. The van der Waals surface area contributed by atoms with E-state index in [9.17, 15) is 4.79 Å². The van der Waals surface area contributed by atoms with Gasteiger partial charge in [0.1, 0.15) is 0 Å². The van der Waals surface area contributed by atoms with Gasteiger partial charge in [-0.3, -0.25) is 4.79 Å². The molecule has 1 fully saturated rings. The van der Waals surface area contributed by atoms with Crippen molar-refractivity contribution in [2.45, 2.75) is 32.7 Å². The lowest BCUT2D eigenvalue weighted by molar-refractivity contribution is 0.100. The van der Waals surface area contributed by atoms with Gasteiger partial charge in [0, 0.05) is 17.4 Å². The molecule has 98 valence electrons. The van der Waals surface area contributed by atoms with Gasteiger partial charge in [-0.15, -0.1) is 0 Å². The highest BCUT2D eigenvalue weighted by atomic mass is 16.1. The largest absolute Gasteiger partial charge is 0.399 e. The van der Waals surface area contributed by atoms with Gasteiger partial charge in [0.2, 0.25) is 0 Å². The van der Waals surface area contributed by atoms with Crippen molar-refractivity contribution in [3.63, 3.8) is 0 Å². The van der Waals surface area contributed by atoms with Crippen LogP contribution in [0, 0.1) is 11.8 Å². The number of nitrogens with two attached hydrogens (primary N) is 2. The number of amides is 1. The molecule has 18 heavy (non-hydrogen) atoms. The standard InChI is InChI=1S/C14H21N3O/c1-8-3-5-12(9(8)2)17-13-6-4-10(15)7-11(13)14(16)18/h4,6-9,12,17H,3,5,15H2,1-2H3,(H2,16,18). The third-order valence-electron chi connectivity index (χ3n) is 4.12. The second-order valence-corrected chi connectivity index (χ2v) is 5.33. The van der Waals surface area contributed by atoms with Gasteiger partial charge in [0.25, 0.3) is 5.91 Å². The predicted molar refractivity (Wildman–Crippen MR) is 74.3 cm³/mol. The molecule has 5 N–H and O–H groups in total. The summed E-state index contributed by atoms with van der Waals surface area (Å²) in [5.41, 5.74) is 12.9. The number of carbonyl (C=O) groups excluding carboxylic acids is 1. The van der Waals surface area contributed by atoms with E-state index in [4.69, 9.17) is 11.5 Å². The third-order valence-corrected chi connectivity index (χ3v) is 4.12. The Kier molecular flexibility index (Phi) is 3.45. The van der Waals surface area contributed by atoms with Crippen molar-refractivity contribution < 1.29 is 4.79 Å². The summed E-state index contributed by atoms with van der Waals surface area (Å²) in [6.45, 7) is 4.51. The van der Waals surface area contributed by atoms with Crippen LogP contribution in [0.4, 0.5) is 11.4 Å². The molecule has 3 atom stereocenters. The smallest absolute Gasteiger partial charge is 0.250 e. The van der Waals surface area contributed by atoms with Crippen molar-refractivity contribution in [3.8, 4) is 0 Å². The Morgan fingerprint density at radius 3 is 2.61 bits per heavy atom. The van der Waals surface area contributed by atoms with Crippen LogP contribution >= 0.6 is 0 Å². The average Bonchev–Trinajstić information content (AvgIpc) is 2.63. The number of nitrogen functional groups attached to an aromatic ring is 1. The lowest BCUT2D eigenvalue weighted by atomic mass is 9.97. The first kappa shape index (κ1) is 12.7. The molecular weight excluding hydrogens is 226 g/mol. The fourth-order valence-electron chi connectivity index (χ4n) is 2.66. The maximum Gasteiger partial charge on any atom is 0.250 e. The maximum absolute atomic E-state index is 11.4. The molecule has 0 heterocycles. The maximum atomic E-state index is 11.4. The lowest BCUT2D eigenvalue weighted by Gasteiger charge is -2.22. The highest BCUT2D eigenvalue weighted by Gasteiger charge is 2.30. The molecule has 0 aliphatic heterocycles. The van der Waals surface area contributed by atoms with Crippen molar-refractivity contribution in [2.24, 2.45) is 17.6 Å². The minimum Gasteiger partial charge on any atom is -0.399 e. The van der Waals surface area contributed by atoms with E-state index >= 15 is 0 Å². The van der Waals surface area contributed by atoms with Crippen LogP contribution in [0.25, 0.3) is 0 Å². The summed E-state index contributed by atoms with van der Waals surface area (Å²) in [6.07, 6.45) is 2.35. The van der Waals surface area contributed by atoms with E-state index < -0.39 is 5.91 Å². The van der Waals surface area contributed by atoms with Crippen LogP contribution in [0.3, 0.4) is 0 Å². The quantitative estimate of drug-likeness (QED) is 0.716. The molecule has 0 saturated heterocycles. The Bertz CT molecular complexity index is 458. The van der Waals surface area contributed by atoms with Crippen molar-refractivity contribution in [2.75, 3.05) is 11.1 Å². The van der Waals surface area contributed by atoms with Crippen molar-refractivity contribution >= 4 is 17.3 Å². The number of benzene rings is 1. The van der Waals surface area contributed by atoms with Crippen LogP contribution in [0.15, 0.2) is 18.2 Å². The van der Waals surface area contributed by atoms with Crippen LogP contribution in [0.1, 0.15) is 37.0 Å². The summed E-state index contributed by atoms with van der Waals surface area (Å²) in [4.78, 5) is 11.4. The van der Waals surface area contributed by atoms with Gasteiger partial charge in [0.15, 0.2) is 0 Å². The molecule has 4 nitrogen and oxygen atoms in total. The van der Waals surface area contributed by atoms with Crippen LogP contribution in [0.2, 0.25) is 0 Å². The average molecular weight is 247 g/mol. The predicted octanol–water partition coefficient (Wildman–Crippen LogP) is 2.21. The van der Waals surface area contributed by atoms with E-state index in [-0.39, 0.29) is 0 Å². The molecule has 1 aromatic rings. The molecule has 1 saturated carbocycles. The zero-order valence-electron chi connectivity index (χ0n) is 10.9. The zero-order valence-corrected chi connectivity index (χ0v) is 10.9. The van der Waals surface area contributed by atoms with Gasteiger partial charge in [-0.05, 0) is 42.9 Å². The molecule has 4 heteroatoms. The van der Waals surface area contributed by atoms with Gasteiger partial charge in [-0.1, -0.05) is 13.8 Å². The third kappa shape index (κ3) is 2.42. The monoisotopic (exact) mass is 247 g/mol. The number of nitrogens with one attached hydrogen (secondary N) is 1. The van der Waals surface area contributed by atoms with Crippen LogP contribution in [0.5, 0.6) is 0 Å². The number of hydrogen-bond acceptors (Lipinski definition) is 3. The van der Waals surface area contributed by atoms with Crippen molar-refractivity contribution in [3.05, 3.63) is 23.8 Å². The summed E-state index contributed by atoms with van der Waals surface area (Å²) in [5.74, 6) is 0.875. The molecule has 1 aliphatic rings. The summed E-state index contributed by atoms with van der Waals surface area (Å²) in [7, 11) is 0. The number of carbonyl (C=O) groups is 1. The Morgan fingerprint density at radius 1 is 1.33 bits per heavy atom. The van der Waals surface area contributed by atoms with Crippen LogP contribution in [-0.4, -0.2) is 11.9 Å². The van der Waals surface area contributed by atoms with E-state index in [0.29, 0.717) is 29.1 Å². The normalized spacial score (nSPS) is 27.1. The molecule has 0 spiro atoms. The summed E-state index contributed by atoms with van der Waals surface area (Å²) in [6, 6.07) is 5.66. The molecule has 0 aromatic heterocycles. The first-order valence-electron chi connectivity index (χ1n) is 6.45. The van der Waals surface area contributed by atoms with Gasteiger partial charge in [-0.2, -0.15) is 0 Å². The van der Waals surface area contributed by atoms with Crippen molar-refractivity contribution in [1.82, 2.24) is 0 Å². The van der Waals surface area contributed by atoms with E-state index in [1.165, 1.54) is 6.42 Å². The van der Waals surface area contributed by atoms with Crippen molar-refractivity contribution in [1.29, 1.82) is 0 Å². The molecule has 1 amide bonds. The SMILES string of the molecule is CC1CCC(Nc2ccc(N)cc2C(N)=O)C1C. The minimum atomic E-state index is -0.441. The lowest BCUT2D eigenvalue weighted by Crippen LogP contribution is -2.26. The van der Waals surface area contributed by atoms with Gasteiger partial charge in [0.05, 0.1) is 5.56 Å². The highest BCUT2D eigenvalue weighted by Crippen LogP contribution is 2.34. The van der Waals surface area contributed by atoms with Gasteiger partial charge >= 0.3 is 0 Å². The summed E-state index contributed by atoms with van der Waals surface area (Å²) < 4.78 is 0. The summed E-state index contributed by atoms with van der Waals surface area (Å²) >= 11 is 0. The number of hydrogen-bond donors (Lipinski definition) is 3. The fourth-order valence-corrected chi connectivity index (χ4v) is 2.66. The van der Waals surface area contributed by atoms with E-state index in [1.54, 1.807) is 12.1 Å². The molecular formula is C14H21N3O. The van der Waals surface area contributed by atoms with Gasteiger partial charge in [-0.25, -0.2) is 0 Å². The minimum absolute atomic E-state index is 0.404. The molecule has 3 unspecified atom stereocenters. The Balaban J connectivity index is 2.21. The topological polar surface area (TPSA) is 81.1 Å². The Hall–Kier alpha value is -1.71.